The lowest BCUT2D eigenvalue weighted by atomic mass is 9.98. The minimum atomic E-state index is -0.531. The maximum atomic E-state index is 12.5. The molecule has 2 aliphatic rings. The number of rotatable bonds is 16. The molecule has 2 amide bonds. The molecule has 9 nitrogen and oxygen atoms in total. The van der Waals surface area contributed by atoms with Crippen LogP contribution in [0.5, 0.6) is 0 Å². The van der Waals surface area contributed by atoms with Crippen LogP contribution in [-0.2, 0) is 38.8 Å². The van der Waals surface area contributed by atoms with Gasteiger partial charge in [0.1, 0.15) is 0 Å². The lowest BCUT2D eigenvalue weighted by Gasteiger charge is -2.41. The Kier molecular flexibility index (Phi) is 14.2. The summed E-state index contributed by atoms with van der Waals surface area (Å²) in [5.41, 5.74) is 7.44. The van der Waals surface area contributed by atoms with E-state index in [1.807, 2.05) is 24.3 Å². The summed E-state index contributed by atoms with van der Waals surface area (Å²) in [6, 6.07) is 35.4. The molecule has 4 aromatic rings. The fraction of sp³-hybridized carbons (Fsp3) is 0.409. The van der Waals surface area contributed by atoms with E-state index in [1.165, 1.54) is 12.5 Å². The van der Waals surface area contributed by atoms with Gasteiger partial charge in [0.25, 0.3) is 0 Å². The molecule has 0 aromatic heterocycles. The van der Waals surface area contributed by atoms with Gasteiger partial charge in [-0.3, -0.25) is 19.4 Å². The van der Waals surface area contributed by atoms with Crippen LogP contribution in [0.2, 0.25) is 0 Å². The van der Waals surface area contributed by atoms with Crippen LogP contribution in [0.15, 0.2) is 103 Å². The zero-order valence-corrected chi connectivity index (χ0v) is 30.9. The molecule has 0 unspecified atom stereocenters. The summed E-state index contributed by atoms with van der Waals surface area (Å²) in [5, 5.41) is 15.5. The first-order valence-corrected chi connectivity index (χ1v) is 19.1. The van der Waals surface area contributed by atoms with Crippen molar-refractivity contribution in [2.45, 2.75) is 77.2 Å². The SMILES string of the molecule is CC(=O)NCCCCCC(=O)NCc1cccc(-c2cccc([C@@H]3O[C@H](CN4CCN(Cc5ccccc5)CC4)C[C@H](c4ccc(CO)cc4)O3)c2)c1. The van der Waals surface area contributed by atoms with Crippen molar-refractivity contribution < 1.29 is 24.2 Å². The van der Waals surface area contributed by atoms with Gasteiger partial charge in [-0.25, -0.2) is 0 Å². The standard InChI is InChI=1S/C44H54N4O5/c1-33(50)45-21-7-3-6-16-43(51)46-29-36-12-8-13-38(26-36)39-14-9-15-40(27-39)44-52-41(28-42(53-44)37-19-17-35(32-49)18-20-37)31-48-24-22-47(23-25-48)30-34-10-4-2-5-11-34/h2,4-5,8-15,17-20,26-27,41-42,44,49H,3,6-7,16,21-25,28-32H2,1H3,(H,45,50)(H,46,51)/t41-,42+,44+/m0/s1. The lowest BCUT2D eigenvalue weighted by Crippen LogP contribution is -2.49. The molecule has 2 saturated heterocycles. The second-order valence-corrected chi connectivity index (χ2v) is 14.3. The Morgan fingerprint density at radius 2 is 1.43 bits per heavy atom. The molecule has 0 radical (unpaired) electrons. The predicted molar refractivity (Wildman–Crippen MR) is 207 cm³/mol. The minimum absolute atomic E-state index is 0.00949. The average molecular weight is 719 g/mol. The van der Waals surface area contributed by atoms with Crippen LogP contribution in [0.25, 0.3) is 11.1 Å². The van der Waals surface area contributed by atoms with Crippen molar-refractivity contribution in [2.75, 3.05) is 39.3 Å². The Morgan fingerprint density at radius 1 is 0.717 bits per heavy atom. The van der Waals surface area contributed by atoms with E-state index in [9.17, 15) is 14.7 Å². The molecule has 2 fully saturated rings. The van der Waals surface area contributed by atoms with Gasteiger partial charge in [-0.05, 0) is 58.4 Å². The smallest absolute Gasteiger partial charge is 0.220 e. The molecule has 3 N–H and O–H groups in total. The highest BCUT2D eigenvalue weighted by Gasteiger charge is 2.34. The monoisotopic (exact) mass is 718 g/mol. The van der Waals surface area contributed by atoms with Gasteiger partial charge in [0.2, 0.25) is 11.8 Å². The summed E-state index contributed by atoms with van der Waals surface area (Å²) < 4.78 is 13.5. The van der Waals surface area contributed by atoms with Gasteiger partial charge in [0, 0.05) is 77.7 Å². The molecule has 6 rings (SSSR count). The first kappa shape index (κ1) is 38.3. The topological polar surface area (TPSA) is 103 Å². The number of benzene rings is 4. The minimum Gasteiger partial charge on any atom is -0.392 e. The fourth-order valence-electron chi connectivity index (χ4n) is 7.16. The van der Waals surface area contributed by atoms with Gasteiger partial charge in [-0.15, -0.1) is 0 Å². The number of nitrogens with zero attached hydrogens (tertiary/aromatic N) is 2. The summed E-state index contributed by atoms with van der Waals surface area (Å²) in [4.78, 5) is 28.6. The largest absolute Gasteiger partial charge is 0.392 e. The first-order valence-electron chi connectivity index (χ1n) is 19.1. The van der Waals surface area contributed by atoms with Gasteiger partial charge in [0.15, 0.2) is 6.29 Å². The molecular weight excluding hydrogens is 665 g/mol. The van der Waals surface area contributed by atoms with Gasteiger partial charge in [0.05, 0.1) is 18.8 Å². The van der Waals surface area contributed by atoms with Crippen molar-refractivity contribution >= 4 is 11.8 Å². The second-order valence-electron chi connectivity index (χ2n) is 14.3. The van der Waals surface area contributed by atoms with Gasteiger partial charge in [-0.1, -0.05) is 97.4 Å². The third-order valence-corrected chi connectivity index (χ3v) is 10.2. The number of aliphatic hydroxyl groups excluding tert-OH is 1. The Balaban J connectivity index is 1.08. The normalized spacial score (nSPS) is 19.5. The highest BCUT2D eigenvalue weighted by Crippen LogP contribution is 2.39. The number of carbonyl (C=O) groups is 2. The third kappa shape index (κ3) is 11.8. The number of hydrogen-bond acceptors (Lipinski definition) is 7. The zero-order chi connectivity index (χ0) is 36.8. The lowest BCUT2D eigenvalue weighted by molar-refractivity contribution is -0.253. The number of aliphatic hydroxyl groups is 1. The van der Waals surface area contributed by atoms with E-state index < -0.39 is 6.29 Å². The van der Waals surface area contributed by atoms with Gasteiger partial charge in [-0.2, -0.15) is 0 Å². The molecule has 4 aromatic carbocycles. The summed E-state index contributed by atoms with van der Waals surface area (Å²) in [7, 11) is 0. The summed E-state index contributed by atoms with van der Waals surface area (Å²) >= 11 is 0. The maximum Gasteiger partial charge on any atom is 0.220 e. The zero-order valence-electron chi connectivity index (χ0n) is 30.9. The van der Waals surface area contributed by atoms with Crippen LogP contribution >= 0.6 is 0 Å². The number of nitrogens with one attached hydrogen (secondary N) is 2. The Bertz CT molecular complexity index is 1740. The molecule has 3 atom stereocenters. The van der Waals surface area contributed by atoms with E-state index in [-0.39, 0.29) is 30.6 Å². The molecule has 2 aliphatic heterocycles. The predicted octanol–water partition coefficient (Wildman–Crippen LogP) is 6.52. The van der Waals surface area contributed by atoms with Crippen molar-refractivity contribution in [3.05, 3.63) is 131 Å². The number of unbranched alkanes of at least 4 members (excludes halogenated alkanes) is 2. The maximum absolute atomic E-state index is 12.5. The highest BCUT2D eigenvalue weighted by molar-refractivity contribution is 5.76. The highest BCUT2D eigenvalue weighted by atomic mass is 16.7. The molecule has 0 saturated carbocycles. The van der Waals surface area contributed by atoms with Crippen molar-refractivity contribution in [3.63, 3.8) is 0 Å². The van der Waals surface area contributed by atoms with E-state index in [1.54, 1.807) is 0 Å². The molecule has 53 heavy (non-hydrogen) atoms. The first-order chi connectivity index (χ1) is 25.9. The number of hydrogen-bond donors (Lipinski definition) is 3. The van der Waals surface area contributed by atoms with Gasteiger partial charge < -0.3 is 25.2 Å². The van der Waals surface area contributed by atoms with Crippen LogP contribution in [-0.4, -0.2) is 72.1 Å². The molecule has 2 heterocycles. The van der Waals surface area contributed by atoms with Crippen LogP contribution in [0.3, 0.4) is 0 Å². The van der Waals surface area contributed by atoms with E-state index in [0.717, 1.165) is 98.3 Å². The van der Waals surface area contributed by atoms with Crippen LogP contribution in [0.4, 0.5) is 0 Å². The van der Waals surface area contributed by atoms with Crippen molar-refractivity contribution in [2.24, 2.45) is 0 Å². The number of carbonyl (C=O) groups excluding carboxylic acids is 2. The van der Waals surface area contributed by atoms with E-state index in [0.29, 0.717) is 19.5 Å². The molecule has 0 bridgehead atoms. The number of ether oxygens (including phenoxy) is 2. The Labute approximate surface area is 314 Å². The summed E-state index contributed by atoms with van der Waals surface area (Å²) in [6.45, 7) is 8.52. The fourth-order valence-corrected chi connectivity index (χ4v) is 7.16. The molecule has 9 heteroatoms. The van der Waals surface area contributed by atoms with Crippen molar-refractivity contribution in [1.82, 2.24) is 20.4 Å². The second kappa shape index (κ2) is 19.6. The van der Waals surface area contributed by atoms with Crippen LogP contribution < -0.4 is 10.6 Å². The van der Waals surface area contributed by atoms with E-state index >= 15 is 0 Å². The molecular formula is C44H54N4O5. The third-order valence-electron chi connectivity index (χ3n) is 10.2. The van der Waals surface area contributed by atoms with Crippen LogP contribution in [0.1, 0.15) is 79.2 Å². The molecule has 0 aliphatic carbocycles. The Morgan fingerprint density at radius 3 is 2.19 bits per heavy atom. The van der Waals surface area contributed by atoms with Crippen molar-refractivity contribution in [3.8, 4) is 11.1 Å². The Hall–Kier alpha value is -4.38. The quantitative estimate of drug-likeness (QED) is 0.113. The molecule has 0 spiro atoms. The number of amides is 2. The van der Waals surface area contributed by atoms with Crippen molar-refractivity contribution in [1.29, 1.82) is 0 Å². The number of piperazine rings is 1. The summed E-state index contributed by atoms with van der Waals surface area (Å²) in [6.07, 6.45) is 3.11. The van der Waals surface area contributed by atoms with E-state index in [2.05, 4.69) is 99.3 Å². The average Bonchev–Trinajstić information content (AvgIpc) is 3.19. The van der Waals surface area contributed by atoms with Gasteiger partial charge >= 0.3 is 0 Å². The summed E-state index contributed by atoms with van der Waals surface area (Å²) in [5.74, 6) is 0.0131. The van der Waals surface area contributed by atoms with E-state index in [4.69, 9.17) is 9.47 Å². The van der Waals surface area contributed by atoms with Crippen LogP contribution in [0, 0.1) is 0 Å². The molecule has 280 valence electrons.